The molecule has 1 amide bonds. The van der Waals surface area contributed by atoms with Crippen LogP contribution in [0.2, 0.25) is 5.02 Å². The Bertz CT molecular complexity index is 1450. The third-order valence-corrected chi connectivity index (χ3v) is 7.09. The number of para-hydroxylation sites is 1. The van der Waals surface area contributed by atoms with E-state index in [2.05, 4.69) is 10.00 Å². The van der Waals surface area contributed by atoms with Crippen molar-refractivity contribution >= 4 is 29.2 Å². The van der Waals surface area contributed by atoms with Crippen molar-refractivity contribution in [2.75, 3.05) is 44.3 Å². The quantitative estimate of drug-likeness (QED) is 0.262. The zero-order valence-electron chi connectivity index (χ0n) is 22.3. The van der Waals surface area contributed by atoms with Crippen molar-refractivity contribution in [1.29, 1.82) is 0 Å². The van der Waals surface area contributed by atoms with E-state index in [0.717, 1.165) is 35.6 Å². The molecule has 9 heteroatoms. The first-order valence-corrected chi connectivity index (χ1v) is 13.7. The number of hydrogen-bond acceptors (Lipinski definition) is 6. The number of rotatable bonds is 9. The van der Waals surface area contributed by atoms with Gasteiger partial charge >= 0.3 is 5.97 Å². The van der Waals surface area contributed by atoms with Gasteiger partial charge in [0.2, 0.25) is 5.91 Å². The number of carbonyl (C=O) groups excluding carboxylic acids is 2. The average molecular weight is 559 g/mol. The number of benzene rings is 3. The molecule has 5 rings (SSSR count). The maximum absolute atomic E-state index is 12.6. The second kappa shape index (κ2) is 12.8. The van der Waals surface area contributed by atoms with Crippen LogP contribution in [-0.2, 0) is 20.9 Å². The van der Waals surface area contributed by atoms with E-state index in [1.807, 2.05) is 77.7 Å². The van der Waals surface area contributed by atoms with Crippen LogP contribution in [0.4, 0.5) is 5.69 Å². The van der Waals surface area contributed by atoms with E-state index in [-0.39, 0.29) is 24.8 Å². The van der Waals surface area contributed by atoms with E-state index in [0.29, 0.717) is 30.4 Å². The molecule has 0 N–H and O–H groups in total. The van der Waals surface area contributed by atoms with E-state index in [1.54, 1.807) is 23.7 Å². The van der Waals surface area contributed by atoms with Gasteiger partial charge in [-0.2, -0.15) is 5.10 Å². The molecule has 0 aliphatic carbocycles. The zero-order chi connectivity index (χ0) is 27.9. The van der Waals surface area contributed by atoms with Crippen molar-refractivity contribution in [3.63, 3.8) is 0 Å². The Kier molecular flexibility index (Phi) is 8.78. The van der Waals surface area contributed by atoms with E-state index >= 15 is 0 Å². The monoisotopic (exact) mass is 558 g/mol. The molecule has 8 nitrogen and oxygen atoms in total. The van der Waals surface area contributed by atoms with Crippen molar-refractivity contribution in [3.8, 4) is 16.9 Å². The fourth-order valence-electron chi connectivity index (χ4n) is 4.68. The van der Waals surface area contributed by atoms with Gasteiger partial charge in [0.1, 0.15) is 6.61 Å². The molecule has 0 radical (unpaired) electrons. The predicted molar refractivity (Wildman–Crippen MR) is 155 cm³/mol. The lowest BCUT2D eigenvalue weighted by Gasteiger charge is -2.36. The van der Waals surface area contributed by atoms with Gasteiger partial charge in [0, 0.05) is 37.4 Å². The Morgan fingerprint density at radius 2 is 1.60 bits per heavy atom. The number of aromatic nitrogens is 2. The highest BCUT2D eigenvalue weighted by atomic mass is 35.5. The molecule has 1 fully saturated rings. The summed E-state index contributed by atoms with van der Waals surface area (Å²) in [5.74, 6) is -0.472. The van der Waals surface area contributed by atoms with Crippen LogP contribution in [0.1, 0.15) is 23.0 Å². The highest BCUT2D eigenvalue weighted by molar-refractivity contribution is 6.32. The van der Waals surface area contributed by atoms with Crippen LogP contribution < -0.4 is 4.90 Å². The molecule has 0 bridgehead atoms. The molecule has 1 aliphatic heterocycles. The smallest absolute Gasteiger partial charge is 0.358 e. The molecule has 3 aromatic carbocycles. The molecule has 206 valence electrons. The molecule has 2 heterocycles. The fraction of sp³-hybridized carbons (Fsp3) is 0.258. The zero-order valence-corrected chi connectivity index (χ0v) is 23.1. The summed E-state index contributed by atoms with van der Waals surface area (Å²) in [6.45, 7) is 5.27. The number of halogens is 1. The molecular weight excluding hydrogens is 528 g/mol. The minimum absolute atomic E-state index is 0.0103. The standard InChI is InChI=1S/C31H31ClN4O4/c1-2-40-31(38)27-20-29(36(33-27)28-11-7-6-10-26(28)32)24-12-14-25(15-13-24)34-16-18-35(19-17-34)30(37)22-39-21-23-8-4-3-5-9-23/h3-15,20H,2,16-19,21-22H2,1H3. The molecule has 1 aromatic heterocycles. The van der Waals surface area contributed by atoms with Crippen LogP contribution >= 0.6 is 11.6 Å². The van der Waals surface area contributed by atoms with E-state index in [1.165, 1.54) is 0 Å². The van der Waals surface area contributed by atoms with Crippen LogP contribution in [-0.4, -0.2) is 65.9 Å². The van der Waals surface area contributed by atoms with Gasteiger partial charge in [-0.05, 0) is 42.8 Å². The highest BCUT2D eigenvalue weighted by Gasteiger charge is 2.22. The number of anilines is 1. The SMILES string of the molecule is CCOC(=O)c1cc(-c2ccc(N3CCN(C(=O)COCc4ccccc4)CC3)cc2)n(-c2ccccc2Cl)n1. The van der Waals surface area contributed by atoms with Gasteiger partial charge in [-0.25, -0.2) is 9.48 Å². The van der Waals surface area contributed by atoms with Gasteiger partial charge in [0.15, 0.2) is 5.69 Å². The second-order valence-corrected chi connectivity index (χ2v) is 9.80. The summed E-state index contributed by atoms with van der Waals surface area (Å²) in [5.41, 5.74) is 4.62. The first-order valence-electron chi connectivity index (χ1n) is 13.3. The van der Waals surface area contributed by atoms with Crippen LogP contribution in [0, 0.1) is 0 Å². The van der Waals surface area contributed by atoms with Crippen LogP contribution in [0.5, 0.6) is 0 Å². The topological polar surface area (TPSA) is 76.9 Å². The number of carbonyl (C=O) groups is 2. The lowest BCUT2D eigenvalue weighted by atomic mass is 10.1. The van der Waals surface area contributed by atoms with Crippen LogP contribution in [0.3, 0.4) is 0 Å². The maximum Gasteiger partial charge on any atom is 0.358 e. The van der Waals surface area contributed by atoms with Crippen molar-refractivity contribution < 1.29 is 19.1 Å². The third-order valence-electron chi connectivity index (χ3n) is 6.77. The first-order chi connectivity index (χ1) is 19.5. The molecule has 0 atom stereocenters. The number of ether oxygens (including phenoxy) is 2. The number of nitrogens with zero attached hydrogens (tertiary/aromatic N) is 4. The number of amides is 1. The lowest BCUT2D eigenvalue weighted by Crippen LogP contribution is -2.49. The van der Waals surface area contributed by atoms with Gasteiger partial charge in [-0.1, -0.05) is 66.2 Å². The largest absolute Gasteiger partial charge is 0.461 e. The molecule has 4 aromatic rings. The molecular formula is C31H31ClN4O4. The molecule has 40 heavy (non-hydrogen) atoms. The van der Waals surface area contributed by atoms with Gasteiger partial charge in [-0.3, -0.25) is 4.79 Å². The van der Waals surface area contributed by atoms with Crippen molar-refractivity contribution in [1.82, 2.24) is 14.7 Å². The molecule has 0 spiro atoms. The number of esters is 1. The summed E-state index contributed by atoms with van der Waals surface area (Å²) in [6, 6.07) is 27.0. The van der Waals surface area contributed by atoms with Gasteiger partial charge < -0.3 is 19.3 Å². The van der Waals surface area contributed by atoms with Crippen molar-refractivity contribution in [2.45, 2.75) is 13.5 Å². The Labute approximate surface area is 238 Å². The number of hydrogen-bond donors (Lipinski definition) is 0. The average Bonchev–Trinajstić information content (AvgIpc) is 3.44. The van der Waals surface area contributed by atoms with E-state index in [4.69, 9.17) is 21.1 Å². The van der Waals surface area contributed by atoms with E-state index in [9.17, 15) is 9.59 Å². The lowest BCUT2D eigenvalue weighted by molar-refractivity contribution is -0.136. The van der Waals surface area contributed by atoms with Crippen LogP contribution in [0.25, 0.3) is 16.9 Å². The van der Waals surface area contributed by atoms with Gasteiger partial charge in [0.05, 0.1) is 29.6 Å². The summed E-state index contributed by atoms with van der Waals surface area (Å²) >= 11 is 6.47. The Morgan fingerprint density at radius 1 is 0.900 bits per heavy atom. The summed E-state index contributed by atoms with van der Waals surface area (Å²) in [4.78, 5) is 29.2. The van der Waals surface area contributed by atoms with Crippen molar-refractivity contribution in [2.24, 2.45) is 0 Å². The Morgan fingerprint density at radius 3 is 2.30 bits per heavy atom. The van der Waals surface area contributed by atoms with Crippen molar-refractivity contribution in [3.05, 3.63) is 101 Å². The summed E-state index contributed by atoms with van der Waals surface area (Å²) in [5, 5.41) is 5.04. The summed E-state index contributed by atoms with van der Waals surface area (Å²) < 4.78 is 12.5. The second-order valence-electron chi connectivity index (χ2n) is 9.39. The minimum Gasteiger partial charge on any atom is -0.461 e. The molecule has 1 aliphatic rings. The fourth-order valence-corrected chi connectivity index (χ4v) is 4.89. The van der Waals surface area contributed by atoms with Gasteiger partial charge in [0.25, 0.3) is 0 Å². The third kappa shape index (κ3) is 6.35. The van der Waals surface area contributed by atoms with E-state index < -0.39 is 5.97 Å². The molecule has 0 saturated carbocycles. The normalized spacial score (nSPS) is 13.3. The highest BCUT2D eigenvalue weighted by Crippen LogP contribution is 2.30. The van der Waals surface area contributed by atoms with Gasteiger partial charge in [-0.15, -0.1) is 0 Å². The first kappa shape index (κ1) is 27.4. The predicted octanol–water partition coefficient (Wildman–Crippen LogP) is 5.23. The Hall–Kier alpha value is -4.14. The Balaban J connectivity index is 1.24. The summed E-state index contributed by atoms with van der Waals surface area (Å²) in [7, 11) is 0. The molecule has 0 unspecified atom stereocenters. The molecule has 1 saturated heterocycles. The number of piperazine rings is 1. The maximum atomic E-state index is 12.6. The minimum atomic E-state index is -0.482. The van der Waals surface area contributed by atoms with Crippen LogP contribution in [0.15, 0.2) is 84.9 Å². The summed E-state index contributed by atoms with van der Waals surface area (Å²) in [6.07, 6.45) is 0.